The van der Waals surface area contributed by atoms with Crippen LogP contribution in [0.4, 0.5) is 11.4 Å². The SMILES string of the molecule is Nc1cnccc1-c1cc(Cl)cc(Cl)c1.Nc1cnccc1Br.OB(O)c1cc(Cl)cc(Cl)c1. The lowest BCUT2D eigenvalue weighted by molar-refractivity contribution is 0.426. The predicted octanol–water partition coefficient (Wildman–Crippen LogP) is 5.74. The number of rotatable bonds is 2. The Morgan fingerprint density at radius 1 is 0.706 bits per heavy atom. The molecule has 0 fully saturated rings. The molecule has 0 aliphatic carbocycles. The third-order valence-electron chi connectivity index (χ3n) is 4.00. The molecule has 2 aromatic heterocycles. The summed E-state index contributed by atoms with van der Waals surface area (Å²) in [4.78, 5) is 7.71. The minimum Gasteiger partial charge on any atom is -0.423 e. The Morgan fingerprint density at radius 3 is 1.59 bits per heavy atom. The molecule has 0 spiro atoms. The van der Waals surface area contributed by atoms with Gasteiger partial charge in [-0.05, 0) is 75.5 Å². The van der Waals surface area contributed by atoms with Crippen molar-refractivity contribution in [2.75, 3.05) is 11.5 Å². The number of aromatic nitrogens is 2. The maximum Gasteiger partial charge on any atom is 0.488 e. The average molecular weight is 603 g/mol. The molecule has 2 heterocycles. The summed E-state index contributed by atoms with van der Waals surface area (Å²) in [5, 5.41) is 19.4. The second-order valence-corrected chi connectivity index (χ2v) is 9.19. The molecule has 0 aliphatic heterocycles. The molecule has 0 atom stereocenters. The highest BCUT2D eigenvalue weighted by molar-refractivity contribution is 9.10. The number of hydrogen-bond donors (Lipinski definition) is 4. The molecule has 0 saturated carbocycles. The average Bonchev–Trinajstić information content (AvgIpc) is 2.76. The number of hydrogen-bond acceptors (Lipinski definition) is 6. The van der Waals surface area contributed by atoms with E-state index in [1.807, 2.05) is 18.2 Å². The van der Waals surface area contributed by atoms with Crippen molar-refractivity contribution in [2.24, 2.45) is 0 Å². The van der Waals surface area contributed by atoms with Gasteiger partial charge in [0.1, 0.15) is 0 Å². The monoisotopic (exact) mass is 600 g/mol. The normalized spacial score (nSPS) is 9.85. The lowest BCUT2D eigenvalue weighted by Crippen LogP contribution is -2.29. The van der Waals surface area contributed by atoms with Gasteiger partial charge < -0.3 is 21.5 Å². The van der Waals surface area contributed by atoms with Gasteiger partial charge >= 0.3 is 7.12 Å². The molecular formula is C22H18BBrCl4N4O2. The summed E-state index contributed by atoms with van der Waals surface area (Å²) >= 11 is 26.2. The first-order chi connectivity index (χ1) is 16.1. The van der Waals surface area contributed by atoms with Crippen molar-refractivity contribution in [3.63, 3.8) is 0 Å². The molecule has 0 saturated heterocycles. The van der Waals surface area contributed by atoms with Gasteiger partial charge in [-0.15, -0.1) is 0 Å². The first kappa shape index (κ1) is 28.2. The van der Waals surface area contributed by atoms with Gasteiger partial charge in [-0.1, -0.05) is 46.4 Å². The first-order valence-electron chi connectivity index (χ1n) is 9.40. The van der Waals surface area contributed by atoms with E-state index in [-0.39, 0.29) is 0 Å². The van der Waals surface area contributed by atoms with Crippen LogP contribution >= 0.6 is 62.3 Å². The topological polar surface area (TPSA) is 118 Å². The smallest absolute Gasteiger partial charge is 0.423 e. The zero-order valence-corrected chi connectivity index (χ0v) is 21.9. The van der Waals surface area contributed by atoms with E-state index in [1.165, 1.54) is 18.2 Å². The van der Waals surface area contributed by atoms with Crippen LogP contribution in [0.25, 0.3) is 11.1 Å². The first-order valence-corrected chi connectivity index (χ1v) is 11.7. The van der Waals surface area contributed by atoms with Crippen LogP contribution in [0, 0.1) is 0 Å². The van der Waals surface area contributed by atoms with Gasteiger partial charge in [-0.2, -0.15) is 0 Å². The van der Waals surface area contributed by atoms with E-state index in [9.17, 15) is 0 Å². The van der Waals surface area contributed by atoms with Crippen molar-refractivity contribution in [2.45, 2.75) is 0 Å². The third-order valence-corrected chi connectivity index (χ3v) is 5.60. The van der Waals surface area contributed by atoms with Gasteiger partial charge in [-0.3, -0.25) is 9.97 Å². The predicted molar refractivity (Wildman–Crippen MR) is 147 cm³/mol. The zero-order valence-electron chi connectivity index (χ0n) is 17.3. The van der Waals surface area contributed by atoms with Crippen LogP contribution in [0.5, 0.6) is 0 Å². The summed E-state index contributed by atoms with van der Waals surface area (Å²) in [6, 6.07) is 13.4. The van der Waals surface area contributed by atoms with Crippen LogP contribution in [-0.2, 0) is 0 Å². The molecule has 6 N–H and O–H groups in total. The minimum absolute atomic E-state index is 0.294. The van der Waals surface area contributed by atoms with Gasteiger partial charge in [-0.25, -0.2) is 0 Å². The summed E-state index contributed by atoms with van der Waals surface area (Å²) in [5.41, 5.74) is 14.6. The van der Waals surface area contributed by atoms with E-state index in [2.05, 4.69) is 25.9 Å². The maximum atomic E-state index is 8.71. The van der Waals surface area contributed by atoms with Crippen molar-refractivity contribution in [1.82, 2.24) is 9.97 Å². The molecule has 12 heteroatoms. The van der Waals surface area contributed by atoms with E-state index >= 15 is 0 Å². The highest BCUT2D eigenvalue weighted by Crippen LogP contribution is 2.30. The van der Waals surface area contributed by atoms with E-state index < -0.39 is 7.12 Å². The standard InChI is InChI=1S/C11H8Cl2N2.C6H5BCl2O2.C5H5BrN2/c12-8-3-7(4-9(13)5-8)10-1-2-15-6-11(10)14;8-5-1-4(7(10)11)2-6(9)3-5;6-4-1-2-8-3-5(4)7/h1-6H,14H2;1-3,10-11H;1-3H,7H2. The van der Waals surface area contributed by atoms with Gasteiger partial charge in [0.15, 0.2) is 0 Å². The van der Waals surface area contributed by atoms with Crippen molar-refractivity contribution in [3.05, 3.63) is 97.9 Å². The Kier molecular flexibility index (Phi) is 11.4. The Labute approximate surface area is 225 Å². The molecule has 0 aliphatic rings. The Morgan fingerprint density at radius 2 is 1.18 bits per heavy atom. The number of anilines is 2. The number of benzene rings is 2. The summed E-state index contributed by atoms with van der Waals surface area (Å²) in [5.74, 6) is 0. The van der Waals surface area contributed by atoms with Crippen LogP contribution < -0.4 is 16.9 Å². The van der Waals surface area contributed by atoms with E-state index in [1.54, 1.807) is 36.9 Å². The largest absolute Gasteiger partial charge is 0.488 e. The summed E-state index contributed by atoms with van der Waals surface area (Å²) in [6.45, 7) is 0. The van der Waals surface area contributed by atoms with E-state index in [0.717, 1.165) is 15.6 Å². The van der Waals surface area contributed by atoms with Crippen molar-refractivity contribution in [1.29, 1.82) is 0 Å². The van der Waals surface area contributed by atoms with Gasteiger partial charge in [0.25, 0.3) is 0 Å². The minimum atomic E-state index is -1.52. The van der Waals surface area contributed by atoms with Gasteiger partial charge in [0.05, 0.1) is 23.8 Å². The van der Waals surface area contributed by atoms with Crippen LogP contribution in [-0.4, -0.2) is 27.1 Å². The fraction of sp³-hybridized carbons (Fsp3) is 0. The quantitative estimate of drug-likeness (QED) is 0.218. The zero-order chi connectivity index (χ0) is 25.3. The molecule has 4 rings (SSSR count). The van der Waals surface area contributed by atoms with Crippen molar-refractivity contribution < 1.29 is 10.0 Å². The van der Waals surface area contributed by atoms with Crippen LogP contribution in [0.2, 0.25) is 20.1 Å². The highest BCUT2D eigenvalue weighted by Gasteiger charge is 2.11. The summed E-state index contributed by atoms with van der Waals surface area (Å²) < 4.78 is 0.896. The second kappa shape index (κ2) is 13.8. The van der Waals surface area contributed by atoms with E-state index in [4.69, 9.17) is 67.9 Å². The highest BCUT2D eigenvalue weighted by atomic mass is 79.9. The number of nitrogen functional groups attached to an aromatic ring is 2. The Bertz CT molecular complexity index is 1190. The molecule has 0 unspecified atom stereocenters. The molecule has 0 amide bonds. The molecule has 2 aromatic carbocycles. The molecule has 6 nitrogen and oxygen atoms in total. The molecule has 4 aromatic rings. The fourth-order valence-corrected chi connectivity index (χ4v) is 3.78. The summed E-state index contributed by atoms with van der Waals surface area (Å²) in [7, 11) is -1.52. The van der Waals surface area contributed by atoms with Gasteiger partial charge in [0, 0.05) is 42.5 Å². The van der Waals surface area contributed by atoms with Gasteiger partial charge in [0.2, 0.25) is 0 Å². The lowest BCUT2D eigenvalue weighted by Gasteiger charge is -2.05. The molecular weight excluding hydrogens is 585 g/mol. The van der Waals surface area contributed by atoms with Crippen LogP contribution in [0.3, 0.4) is 0 Å². The van der Waals surface area contributed by atoms with Crippen molar-refractivity contribution >= 4 is 86.3 Å². The Hall–Kier alpha value is -2.04. The molecule has 0 bridgehead atoms. The maximum absolute atomic E-state index is 8.71. The van der Waals surface area contributed by atoms with Crippen molar-refractivity contribution in [3.8, 4) is 11.1 Å². The molecule has 176 valence electrons. The lowest BCUT2D eigenvalue weighted by atomic mass is 9.80. The number of nitrogens with zero attached hydrogens (tertiary/aromatic N) is 2. The number of nitrogens with two attached hydrogens (primary N) is 2. The van der Waals surface area contributed by atoms with Crippen LogP contribution in [0.15, 0.2) is 77.8 Å². The number of pyridine rings is 2. The third kappa shape index (κ3) is 9.31. The fourth-order valence-electron chi connectivity index (χ4n) is 2.49. The van der Waals surface area contributed by atoms with Crippen LogP contribution in [0.1, 0.15) is 0 Å². The second-order valence-electron chi connectivity index (χ2n) is 6.59. The van der Waals surface area contributed by atoms with E-state index in [0.29, 0.717) is 36.9 Å². The molecule has 0 radical (unpaired) electrons. The number of halogens is 5. The molecule has 34 heavy (non-hydrogen) atoms. The summed E-state index contributed by atoms with van der Waals surface area (Å²) in [6.07, 6.45) is 6.56. The Balaban J connectivity index is 0.000000190.